The zero-order chi connectivity index (χ0) is 16.9. The van der Waals surface area contributed by atoms with Crippen LogP contribution in [0.4, 0.5) is 0 Å². The Kier molecular flexibility index (Phi) is 4.32. The topological polar surface area (TPSA) is 46.5 Å². The van der Waals surface area contributed by atoms with Crippen molar-refractivity contribution < 1.29 is 14.6 Å². The van der Waals surface area contributed by atoms with E-state index in [9.17, 15) is 4.79 Å². The van der Waals surface area contributed by atoms with Gasteiger partial charge in [0.2, 0.25) is 0 Å². The molecule has 0 spiro atoms. The number of rotatable bonds is 3. The number of carbonyl (C=O) groups is 1. The minimum Gasteiger partial charge on any atom is -0.394 e. The summed E-state index contributed by atoms with van der Waals surface area (Å²) in [4.78, 5) is 12.5. The number of hydrogen-bond donors (Lipinski definition) is 1. The van der Waals surface area contributed by atoms with Gasteiger partial charge in [-0.1, -0.05) is 13.8 Å². The summed E-state index contributed by atoms with van der Waals surface area (Å²) in [5.41, 5.74) is 0.459. The van der Waals surface area contributed by atoms with E-state index in [-0.39, 0.29) is 12.0 Å². The summed E-state index contributed by atoms with van der Waals surface area (Å²) >= 11 is 0. The monoisotopic (exact) mass is 334 g/mol. The number of aliphatic hydroxyl groups excluding tert-OH is 1. The van der Waals surface area contributed by atoms with Crippen molar-refractivity contribution in [2.24, 2.45) is 34.5 Å². The Morgan fingerprint density at radius 2 is 1.92 bits per heavy atom. The van der Waals surface area contributed by atoms with E-state index in [0.717, 1.165) is 43.4 Å². The van der Waals surface area contributed by atoms with E-state index in [4.69, 9.17) is 9.84 Å². The van der Waals surface area contributed by atoms with Gasteiger partial charge in [-0.25, -0.2) is 0 Å². The second-order valence-electron chi connectivity index (χ2n) is 9.57. The first-order valence-electron chi connectivity index (χ1n) is 10.2. The van der Waals surface area contributed by atoms with Crippen LogP contribution in [0, 0.1) is 34.5 Å². The highest BCUT2D eigenvalue weighted by Gasteiger charge is 2.60. The number of ketones is 1. The molecule has 0 aromatic carbocycles. The van der Waals surface area contributed by atoms with Crippen molar-refractivity contribution in [1.29, 1.82) is 0 Å². The van der Waals surface area contributed by atoms with E-state index >= 15 is 0 Å². The first-order chi connectivity index (χ1) is 11.5. The summed E-state index contributed by atoms with van der Waals surface area (Å²) in [7, 11) is 0. The van der Waals surface area contributed by atoms with Crippen LogP contribution < -0.4 is 0 Å². The van der Waals surface area contributed by atoms with Gasteiger partial charge in [0, 0.05) is 11.8 Å². The molecule has 0 aromatic rings. The lowest BCUT2D eigenvalue weighted by atomic mass is 9.45. The third-order valence-electron chi connectivity index (χ3n) is 8.77. The maximum atomic E-state index is 12.5. The number of carbonyl (C=O) groups excluding carboxylic acids is 1. The number of hydrogen-bond acceptors (Lipinski definition) is 3. The van der Waals surface area contributed by atoms with Crippen molar-refractivity contribution in [3.8, 4) is 0 Å². The molecule has 0 saturated heterocycles. The molecular weight excluding hydrogens is 300 g/mol. The highest BCUT2D eigenvalue weighted by molar-refractivity contribution is 5.87. The first-order valence-corrected chi connectivity index (χ1v) is 10.2. The molecule has 3 heteroatoms. The Morgan fingerprint density at radius 3 is 2.71 bits per heavy atom. The SMILES string of the molecule is C[C@]12CC[C@H](OCCO)CC1CC[C@@H]1[C@@H]2CC[C@]2(C)C(=O)CC[C@@H]12. The molecule has 4 aliphatic carbocycles. The molecule has 4 fully saturated rings. The molecule has 0 heterocycles. The quantitative estimate of drug-likeness (QED) is 0.849. The second-order valence-corrected chi connectivity index (χ2v) is 9.57. The molecule has 7 atom stereocenters. The van der Waals surface area contributed by atoms with Crippen molar-refractivity contribution in [3.05, 3.63) is 0 Å². The summed E-state index contributed by atoms with van der Waals surface area (Å²) in [6, 6.07) is 0. The van der Waals surface area contributed by atoms with E-state index in [0.29, 0.717) is 29.8 Å². The number of fused-ring (bicyclic) bond motifs is 5. The molecule has 1 unspecified atom stereocenters. The fraction of sp³-hybridized carbons (Fsp3) is 0.952. The lowest BCUT2D eigenvalue weighted by Crippen LogP contribution is -2.54. The zero-order valence-corrected chi connectivity index (χ0v) is 15.4. The van der Waals surface area contributed by atoms with Crippen molar-refractivity contribution in [1.82, 2.24) is 0 Å². The molecule has 0 amide bonds. The Bertz CT molecular complexity index is 503. The maximum absolute atomic E-state index is 12.5. The number of ether oxygens (including phenoxy) is 1. The Morgan fingerprint density at radius 1 is 1.08 bits per heavy atom. The lowest BCUT2D eigenvalue weighted by molar-refractivity contribution is -0.145. The summed E-state index contributed by atoms with van der Waals surface area (Å²) in [6.45, 7) is 5.45. The third-order valence-corrected chi connectivity index (χ3v) is 8.77. The van der Waals surface area contributed by atoms with Gasteiger partial charge in [0.25, 0.3) is 0 Å². The lowest BCUT2D eigenvalue weighted by Gasteiger charge is -2.60. The summed E-state index contributed by atoms with van der Waals surface area (Å²) in [6.07, 6.45) is 11.0. The Hall–Kier alpha value is -0.410. The molecule has 3 nitrogen and oxygen atoms in total. The van der Waals surface area contributed by atoms with Crippen LogP contribution >= 0.6 is 0 Å². The fourth-order valence-electron chi connectivity index (χ4n) is 7.36. The highest BCUT2D eigenvalue weighted by Crippen LogP contribution is 2.65. The van der Waals surface area contributed by atoms with E-state index in [2.05, 4.69) is 13.8 Å². The second kappa shape index (κ2) is 6.09. The minimum atomic E-state index is 0.00576. The molecule has 0 radical (unpaired) electrons. The summed E-state index contributed by atoms with van der Waals surface area (Å²) in [5, 5.41) is 9.01. The Balaban J connectivity index is 1.51. The van der Waals surface area contributed by atoms with Crippen LogP contribution in [0.3, 0.4) is 0 Å². The van der Waals surface area contributed by atoms with E-state index in [1.165, 1.54) is 32.1 Å². The average Bonchev–Trinajstić information content (AvgIpc) is 2.88. The van der Waals surface area contributed by atoms with E-state index < -0.39 is 0 Å². The van der Waals surface area contributed by atoms with Crippen LogP contribution in [-0.2, 0) is 9.53 Å². The van der Waals surface area contributed by atoms with Crippen LogP contribution in [-0.4, -0.2) is 30.2 Å². The predicted octanol–water partition coefficient (Wildman–Crippen LogP) is 3.98. The Labute approximate surface area is 146 Å². The van der Waals surface area contributed by atoms with Crippen LogP contribution in [0.2, 0.25) is 0 Å². The molecule has 0 bridgehead atoms. The molecular formula is C21H34O3. The normalized spacial score (nSPS) is 51.0. The molecule has 4 saturated carbocycles. The van der Waals surface area contributed by atoms with E-state index in [1.54, 1.807) is 0 Å². The van der Waals surface area contributed by atoms with Gasteiger partial charge in [0.15, 0.2) is 0 Å². The van der Waals surface area contributed by atoms with Gasteiger partial charge in [0.05, 0.1) is 19.3 Å². The maximum Gasteiger partial charge on any atom is 0.139 e. The van der Waals surface area contributed by atoms with Gasteiger partial charge in [-0.2, -0.15) is 0 Å². The van der Waals surface area contributed by atoms with Gasteiger partial charge in [-0.3, -0.25) is 4.79 Å². The van der Waals surface area contributed by atoms with Gasteiger partial charge in [-0.15, -0.1) is 0 Å². The molecule has 4 rings (SSSR count). The predicted molar refractivity (Wildman–Crippen MR) is 93.6 cm³/mol. The molecule has 1 N–H and O–H groups in total. The largest absolute Gasteiger partial charge is 0.394 e. The zero-order valence-electron chi connectivity index (χ0n) is 15.4. The van der Waals surface area contributed by atoms with Gasteiger partial charge >= 0.3 is 0 Å². The molecule has 0 aromatic heterocycles. The third kappa shape index (κ3) is 2.41. The molecule has 4 aliphatic rings. The number of Topliss-reactive ketones (excluding diaryl/α,β-unsaturated/α-hetero) is 1. The molecule has 136 valence electrons. The van der Waals surface area contributed by atoms with Gasteiger partial charge < -0.3 is 9.84 Å². The average molecular weight is 335 g/mol. The number of aliphatic hydroxyl groups is 1. The standard InChI is InChI=1S/C21H34O3/c1-20-9-7-15(24-12-11-22)13-14(20)3-4-16-17-5-6-19(23)21(17,2)10-8-18(16)20/h14-18,22H,3-13H2,1-2H3/t14?,15-,16-,17-,18-,20-,21-/m0/s1. The van der Waals surface area contributed by atoms with Crippen LogP contribution in [0.15, 0.2) is 0 Å². The van der Waals surface area contributed by atoms with Gasteiger partial charge in [-0.05, 0) is 80.5 Å². The van der Waals surface area contributed by atoms with Crippen LogP contribution in [0.5, 0.6) is 0 Å². The smallest absolute Gasteiger partial charge is 0.139 e. The van der Waals surface area contributed by atoms with Crippen molar-refractivity contribution in [3.63, 3.8) is 0 Å². The summed E-state index contributed by atoms with van der Waals surface area (Å²) < 4.78 is 5.87. The van der Waals surface area contributed by atoms with Gasteiger partial charge in [0.1, 0.15) is 5.78 Å². The van der Waals surface area contributed by atoms with Crippen LogP contribution in [0.25, 0.3) is 0 Å². The van der Waals surface area contributed by atoms with Crippen molar-refractivity contribution >= 4 is 5.78 Å². The first kappa shape index (κ1) is 17.0. The summed E-state index contributed by atoms with van der Waals surface area (Å²) in [5.74, 6) is 3.59. The van der Waals surface area contributed by atoms with Crippen LogP contribution in [0.1, 0.15) is 71.6 Å². The minimum absolute atomic E-state index is 0.00576. The fourth-order valence-corrected chi connectivity index (χ4v) is 7.36. The van der Waals surface area contributed by atoms with Crippen molar-refractivity contribution in [2.75, 3.05) is 13.2 Å². The molecule has 0 aliphatic heterocycles. The van der Waals surface area contributed by atoms with E-state index in [1.807, 2.05) is 0 Å². The highest BCUT2D eigenvalue weighted by atomic mass is 16.5. The molecule has 24 heavy (non-hydrogen) atoms. The van der Waals surface area contributed by atoms with Crippen molar-refractivity contribution in [2.45, 2.75) is 77.7 Å².